The third-order valence-electron chi connectivity index (χ3n) is 2.54. The summed E-state index contributed by atoms with van der Waals surface area (Å²) in [5.74, 6) is -1.80. The van der Waals surface area contributed by atoms with Crippen LogP contribution in [0.4, 0.5) is 18.9 Å². The number of benzene rings is 1. The lowest BCUT2D eigenvalue weighted by Gasteiger charge is -2.29. The van der Waals surface area contributed by atoms with Crippen LogP contribution in [0.3, 0.4) is 0 Å². The Morgan fingerprint density at radius 3 is 2.88 bits per heavy atom. The Hall–Kier alpha value is -1.52. The summed E-state index contributed by atoms with van der Waals surface area (Å²) >= 11 is 0. The molecule has 5 heteroatoms. The predicted molar refractivity (Wildman–Crippen MR) is 52.0 cm³/mol. The van der Waals surface area contributed by atoms with Gasteiger partial charge in [0, 0.05) is 12.2 Å². The standard InChI is InChI=1S/C11H9F3NO/c12-11(13,14)10(16)15-7-3-5-8-4-1-2-6-9(8)15/h1,4,6H,3,5,7H2. The van der Waals surface area contributed by atoms with Crippen LogP contribution in [0.5, 0.6) is 0 Å². The van der Waals surface area contributed by atoms with Crippen LogP contribution in [-0.4, -0.2) is 18.6 Å². The fourth-order valence-electron chi connectivity index (χ4n) is 1.83. The van der Waals surface area contributed by atoms with Gasteiger partial charge in [-0.1, -0.05) is 12.1 Å². The van der Waals surface area contributed by atoms with E-state index >= 15 is 0 Å². The Morgan fingerprint density at radius 1 is 1.44 bits per heavy atom. The number of fused-ring (bicyclic) bond motifs is 1. The average Bonchev–Trinajstić information content (AvgIpc) is 2.26. The molecule has 1 amide bonds. The van der Waals surface area contributed by atoms with Crippen LogP contribution in [0.1, 0.15) is 12.0 Å². The molecule has 0 bridgehead atoms. The van der Waals surface area contributed by atoms with Crippen molar-refractivity contribution < 1.29 is 18.0 Å². The molecule has 1 heterocycles. The van der Waals surface area contributed by atoms with Crippen LogP contribution in [0, 0.1) is 6.07 Å². The van der Waals surface area contributed by atoms with E-state index < -0.39 is 12.1 Å². The molecule has 0 aromatic heterocycles. The van der Waals surface area contributed by atoms with Crippen LogP contribution in [-0.2, 0) is 11.2 Å². The highest BCUT2D eigenvalue weighted by atomic mass is 19.4. The van der Waals surface area contributed by atoms with E-state index in [-0.39, 0.29) is 6.54 Å². The van der Waals surface area contributed by atoms with Crippen molar-refractivity contribution in [3.05, 3.63) is 29.8 Å². The van der Waals surface area contributed by atoms with Gasteiger partial charge in [-0.05, 0) is 30.5 Å². The molecule has 0 N–H and O–H groups in total. The number of aryl methyl sites for hydroxylation is 1. The molecule has 2 nitrogen and oxygen atoms in total. The van der Waals surface area contributed by atoms with Crippen LogP contribution in [0.25, 0.3) is 0 Å². The topological polar surface area (TPSA) is 20.3 Å². The molecule has 16 heavy (non-hydrogen) atoms. The van der Waals surface area contributed by atoms with Crippen molar-refractivity contribution in [3.63, 3.8) is 0 Å². The molecular formula is C11H9F3NO. The molecule has 0 atom stereocenters. The molecule has 1 radical (unpaired) electrons. The largest absolute Gasteiger partial charge is 0.471 e. The van der Waals surface area contributed by atoms with E-state index in [1.54, 1.807) is 12.1 Å². The van der Waals surface area contributed by atoms with Gasteiger partial charge in [0.15, 0.2) is 0 Å². The molecule has 0 saturated heterocycles. The average molecular weight is 228 g/mol. The Balaban J connectivity index is 2.36. The van der Waals surface area contributed by atoms with Crippen LogP contribution in [0.15, 0.2) is 18.2 Å². The smallest absolute Gasteiger partial charge is 0.304 e. The minimum absolute atomic E-state index is 0.114. The first kappa shape index (κ1) is 11.0. The monoisotopic (exact) mass is 228 g/mol. The zero-order valence-corrected chi connectivity index (χ0v) is 8.34. The van der Waals surface area contributed by atoms with E-state index in [0.29, 0.717) is 18.5 Å². The molecule has 1 aliphatic rings. The Morgan fingerprint density at radius 2 is 2.19 bits per heavy atom. The van der Waals surface area contributed by atoms with Gasteiger partial charge in [-0.3, -0.25) is 4.79 Å². The van der Waals surface area contributed by atoms with E-state index in [2.05, 4.69) is 6.07 Å². The van der Waals surface area contributed by atoms with Crippen molar-refractivity contribution >= 4 is 11.6 Å². The number of anilines is 1. The molecule has 1 aliphatic heterocycles. The number of rotatable bonds is 0. The Bertz CT molecular complexity index is 414. The van der Waals surface area contributed by atoms with Gasteiger partial charge in [-0.25, -0.2) is 0 Å². The van der Waals surface area contributed by atoms with E-state index in [1.165, 1.54) is 6.07 Å². The first-order chi connectivity index (χ1) is 7.50. The van der Waals surface area contributed by atoms with Gasteiger partial charge >= 0.3 is 12.1 Å². The fraction of sp³-hybridized carbons (Fsp3) is 0.364. The second kappa shape index (κ2) is 3.81. The van der Waals surface area contributed by atoms with E-state index in [9.17, 15) is 18.0 Å². The number of amides is 1. The van der Waals surface area contributed by atoms with Crippen molar-refractivity contribution in [2.75, 3.05) is 11.4 Å². The normalized spacial score (nSPS) is 15.8. The number of hydrogen-bond donors (Lipinski definition) is 0. The first-order valence-corrected chi connectivity index (χ1v) is 4.88. The van der Waals surface area contributed by atoms with Crippen molar-refractivity contribution in [2.45, 2.75) is 19.0 Å². The van der Waals surface area contributed by atoms with Crippen molar-refractivity contribution in [1.82, 2.24) is 0 Å². The molecular weight excluding hydrogens is 219 g/mol. The summed E-state index contributed by atoms with van der Waals surface area (Å²) in [6.45, 7) is 0.114. The minimum Gasteiger partial charge on any atom is -0.304 e. The second-order valence-electron chi connectivity index (χ2n) is 3.61. The minimum atomic E-state index is -4.82. The predicted octanol–water partition coefficient (Wildman–Crippen LogP) is 2.33. The van der Waals surface area contributed by atoms with Crippen molar-refractivity contribution in [1.29, 1.82) is 0 Å². The number of carbonyl (C=O) groups excluding carboxylic acids is 1. The van der Waals surface area contributed by atoms with Crippen molar-refractivity contribution in [3.8, 4) is 0 Å². The van der Waals surface area contributed by atoms with Crippen LogP contribution >= 0.6 is 0 Å². The first-order valence-electron chi connectivity index (χ1n) is 4.88. The molecule has 0 spiro atoms. The number of nitrogens with zero attached hydrogens (tertiary/aromatic N) is 1. The highest BCUT2D eigenvalue weighted by Gasteiger charge is 2.43. The SMILES string of the molecule is O=C(N1CCCc2cc[c]cc21)C(F)(F)F. The molecule has 85 valence electrons. The lowest BCUT2D eigenvalue weighted by Crippen LogP contribution is -2.43. The maximum atomic E-state index is 12.3. The summed E-state index contributed by atoms with van der Waals surface area (Å²) in [6.07, 6.45) is -3.56. The summed E-state index contributed by atoms with van der Waals surface area (Å²) < 4.78 is 37.0. The zero-order valence-electron chi connectivity index (χ0n) is 8.34. The number of hydrogen-bond acceptors (Lipinski definition) is 1. The summed E-state index contributed by atoms with van der Waals surface area (Å²) in [5, 5.41) is 0. The highest BCUT2D eigenvalue weighted by molar-refractivity contribution is 5.98. The molecule has 0 unspecified atom stereocenters. The van der Waals surface area contributed by atoms with Gasteiger partial charge in [0.1, 0.15) is 0 Å². The fourth-order valence-corrected chi connectivity index (χ4v) is 1.83. The van der Waals surface area contributed by atoms with E-state index in [1.807, 2.05) is 0 Å². The molecule has 1 aromatic carbocycles. The summed E-state index contributed by atoms with van der Waals surface area (Å²) in [4.78, 5) is 12.0. The number of carbonyl (C=O) groups is 1. The van der Waals surface area contributed by atoms with Gasteiger partial charge in [0.05, 0.1) is 0 Å². The summed E-state index contributed by atoms with van der Waals surface area (Å²) in [6, 6.07) is 7.46. The molecule has 0 saturated carbocycles. The Labute approximate surface area is 90.7 Å². The van der Waals surface area contributed by atoms with E-state index in [4.69, 9.17) is 0 Å². The molecule has 0 fully saturated rings. The lowest BCUT2D eigenvalue weighted by atomic mass is 10.0. The van der Waals surface area contributed by atoms with Crippen LogP contribution in [0.2, 0.25) is 0 Å². The maximum Gasteiger partial charge on any atom is 0.471 e. The third kappa shape index (κ3) is 1.89. The maximum absolute atomic E-state index is 12.3. The van der Waals surface area contributed by atoms with Gasteiger partial charge < -0.3 is 4.90 Å². The third-order valence-corrected chi connectivity index (χ3v) is 2.54. The lowest BCUT2D eigenvalue weighted by molar-refractivity contribution is -0.170. The molecule has 1 aromatic rings. The Kier molecular flexibility index (Phi) is 2.61. The van der Waals surface area contributed by atoms with Gasteiger partial charge in [0.25, 0.3) is 0 Å². The van der Waals surface area contributed by atoms with Crippen LogP contribution < -0.4 is 4.90 Å². The number of alkyl halides is 3. The molecule has 2 rings (SSSR count). The van der Waals surface area contributed by atoms with Gasteiger partial charge in [-0.15, -0.1) is 0 Å². The van der Waals surface area contributed by atoms with Gasteiger partial charge in [0.2, 0.25) is 0 Å². The highest BCUT2D eigenvalue weighted by Crippen LogP contribution is 2.30. The molecule has 0 aliphatic carbocycles. The van der Waals surface area contributed by atoms with Crippen molar-refractivity contribution in [2.24, 2.45) is 0 Å². The number of halogens is 3. The van der Waals surface area contributed by atoms with E-state index in [0.717, 1.165) is 10.5 Å². The zero-order chi connectivity index (χ0) is 11.8. The second-order valence-corrected chi connectivity index (χ2v) is 3.61. The summed E-state index contributed by atoms with van der Waals surface area (Å²) in [7, 11) is 0. The summed E-state index contributed by atoms with van der Waals surface area (Å²) in [5.41, 5.74) is 1.10. The van der Waals surface area contributed by atoms with Gasteiger partial charge in [-0.2, -0.15) is 13.2 Å². The quantitative estimate of drug-likeness (QED) is 0.667.